The van der Waals surface area contributed by atoms with Crippen molar-refractivity contribution in [1.29, 1.82) is 0 Å². The molecule has 0 bridgehead atoms. The van der Waals surface area contributed by atoms with Crippen molar-refractivity contribution in [3.8, 4) is 5.75 Å². The van der Waals surface area contributed by atoms with E-state index in [2.05, 4.69) is 34.2 Å². The molecule has 8 nitrogen and oxygen atoms in total. The summed E-state index contributed by atoms with van der Waals surface area (Å²) in [7, 11) is 3.65. The molecular weight excluding hydrogens is 485 g/mol. The van der Waals surface area contributed by atoms with Gasteiger partial charge in [0.2, 0.25) is 0 Å². The molecule has 2 saturated heterocycles. The van der Waals surface area contributed by atoms with Gasteiger partial charge in [0, 0.05) is 36.9 Å². The van der Waals surface area contributed by atoms with Gasteiger partial charge in [0.15, 0.2) is 0 Å². The van der Waals surface area contributed by atoms with Gasteiger partial charge in [0.05, 0.1) is 30.5 Å². The number of halogens is 1. The molecule has 0 radical (unpaired) electrons. The molecule has 1 N–H and O–H groups in total. The number of rotatable bonds is 6. The fourth-order valence-corrected chi connectivity index (χ4v) is 5.33. The number of nitrogens with zero attached hydrogens (tertiary/aromatic N) is 4. The Morgan fingerprint density at radius 2 is 2.05 bits per heavy atom. The van der Waals surface area contributed by atoms with Crippen molar-refractivity contribution >= 4 is 34.2 Å². The average molecular weight is 524 g/mol. The molecule has 2 fully saturated rings. The molecular formula is C29H38FN5O3. The highest BCUT2D eigenvalue weighted by Crippen LogP contribution is 2.43. The second kappa shape index (κ2) is 11.5. The lowest BCUT2D eigenvalue weighted by atomic mass is 9.82. The van der Waals surface area contributed by atoms with Crippen molar-refractivity contribution in [1.82, 2.24) is 14.9 Å². The second-order valence-electron chi connectivity index (χ2n) is 9.85. The van der Waals surface area contributed by atoms with Crippen molar-refractivity contribution in [2.24, 2.45) is 5.92 Å². The molecule has 2 aromatic carbocycles. The van der Waals surface area contributed by atoms with Gasteiger partial charge in [-0.3, -0.25) is 4.90 Å². The van der Waals surface area contributed by atoms with Gasteiger partial charge < -0.3 is 19.7 Å². The topological polar surface area (TPSA) is 79.8 Å². The van der Waals surface area contributed by atoms with Gasteiger partial charge in [-0.1, -0.05) is 46.2 Å². The lowest BCUT2D eigenvalue weighted by Crippen LogP contribution is -2.52. The Kier molecular flexibility index (Phi) is 8.35. The number of methoxy groups -OCH3 is 1. The summed E-state index contributed by atoms with van der Waals surface area (Å²) in [5.41, 5.74) is 1.66. The van der Waals surface area contributed by atoms with Crippen LogP contribution in [0.15, 0.2) is 36.7 Å². The summed E-state index contributed by atoms with van der Waals surface area (Å²) < 4.78 is 26.8. The van der Waals surface area contributed by atoms with Crippen LogP contribution >= 0.6 is 0 Å². The molecule has 1 spiro atoms. The highest BCUT2D eigenvalue weighted by atomic mass is 19.1. The molecule has 3 aromatic rings. The fourth-order valence-electron chi connectivity index (χ4n) is 5.33. The van der Waals surface area contributed by atoms with Gasteiger partial charge in [-0.15, -0.1) is 0 Å². The van der Waals surface area contributed by atoms with E-state index < -0.39 is 11.7 Å². The predicted octanol–water partition coefficient (Wildman–Crippen LogP) is 6.17. The first kappa shape index (κ1) is 27.6. The number of ether oxygens (including phenoxy) is 2. The van der Waals surface area contributed by atoms with Gasteiger partial charge in [-0.05, 0) is 31.2 Å². The van der Waals surface area contributed by atoms with E-state index in [-0.39, 0.29) is 11.7 Å². The normalized spacial score (nSPS) is 21.3. The zero-order chi connectivity index (χ0) is 27.4. The van der Waals surface area contributed by atoms with Crippen LogP contribution in [0.1, 0.15) is 46.1 Å². The molecule has 1 amide bonds. The monoisotopic (exact) mass is 523 g/mol. The van der Waals surface area contributed by atoms with Crippen molar-refractivity contribution in [2.45, 2.75) is 52.6 Å². The summed E-state index contributed by atoms with van der Waals surface area (Å²) in [6, 6.07) is 8.92. The Balaban J connectivity index is 0.00000164. The summed E-state index contributed by atoms with van der Waals surface area (Å²) in [6.07, 6.45) is 3.31. The SMILES string of the molecule is CC.CCCc1cccc(Nc2ncnc3cc(OC)c(N4CC5(CCN(C)CC5C)OC4=O)cc23)c1F. The number of amides is 1. The molecule has 5 rings (SSSR count). The highest BCUT2D eigenvalue weighted by molar-refractivity contribution is 6.00. The van der Waals surface area contributed by atoms with E-state index in [0.717, 1.165) is 25.9 Å². The highest BCUT2D eigenvalue weighted by Gasteiger charge is 2.51. The van der Waals surface area contributed by atoms with Gasteiger partial charge in [0.1, 0.15) is 29.3 Å². The Morgan fingerprint density at radius 1 is 1.26 bits per heavy atom. The van der Waals surface area contributed by atoms with Crippen molar-refractivity contribution in [2.75, 3.05) is 44.0 Å². The van der Waals surface area contributed by atoms with E-state index in [1.54, 1.807) is 30.2 Å². The van der Waals surface area contributed by atoms with E-state index in [1.165, 1.54) is 6.33 Å². The number of aryl methyl sites for hydroxylation is 1. The second-order valence-corrected chi connectivity index (χ2v) is 9.85. The Labute approximate surface area is 224 Å². The largest absolute Gasteiger partial charge is 0.494 e. The van der Waals surface area contributed by atoms with E-state index in [1.807, 2.05) is 32.9 Å². The molecule has 0 saturated carbocycles. The first-order valence-electron chi connectivity index (χ1n) is 13.4. The van der Waals surface area contributed by atoms with E-state index >= 15 is 4.39 Å². The molecule has 2 aliphatic heterocycles. The van der Waals surface area contributed by atoms with Crippen LogP contribution in [0.2, 0.25) is 0 Å². The van der Waals surface area contributed by atoms with Crippen LogP contribution in [0.5, 0.6) is 5.75 Å². The third-order valence-electron chi connectivity index (χ3n) is 7.41. The summed E-state index contributed by atoms with van der Waals surface area (Å²) in [4.78, 5) is 25.8. The van der Waals surface area contributed by atoms with Gasteiger partial charge in [-0.2, -0.15) is 0 Å². The minimum Gasteiger partial charge on any atom is -0.494 e. The molecule has 2 atom stereocenters. The van der Waals surface area contributed by atoms with Gasteiger partial charge >= 0.3 is 6.09 Å². The van der Waals surface area contributed by atoms with E-state index in [0.29, 0.717) is 52.4 Å². The smallest absolute Gasteiger partial charge is 0.415 e. The number of hydrogen-bond donors (Lipinski definition) is 1. The summed E-state index contributed by atoms with van der Waals surface area (Å²) >= 11 is 0. The van der Waals surface area contributed by atoms with Gasteiger partial charge in [-0.25, -0.2) is 19.2 Å². The van der Waals surface area contributed by atoms with Crippen LogP contribution < -0.4 is 15.0 Å². The minimum atomic E-state index is -0.541. The third kappa shape index (κ3) is 5.12. The summed E-state index contributed by atoms with van der Waals surface area (Å²) in [6.45, 7) is 10.3. The average Bonchev–Trinajstić information content (AvgIpc) is 3.26. The molecule has 9 heteroatoms. The van der Waals surface area contributed by atoms with Crippen LogP contribution in [-0.2, 0) is 11.2 Å². The molecule has 38 heavy (non-hydrogen) atoms. The molecule has 2 unspecified atom stereocenters. The number of fused-ring (bicyclic) bond motifs is 1. The molecule has 3 heterocycles. The quantitative estimate of drug-likeness (QED) is 0.414. The third-order valence-corrected chi connectivity index (χ3v) is 7.41. The number of piperidine rings is 1. The standard InChI is InChI=1S/C27H32FN5O3.C2H6/c1-5-7-18-8-6-9-20(24(18)28)31-25-19-12-22(23(35-4)13-21(19)29-16-30-25)33-15-27(36-26(33)34)10-11-32(3)14-17(27)2;1-2/h6,8-9,12-13,16-17H,5,7,10-11,14-15H2,1-4H3,(H,29,30,31);1-2H3. The van der Waals surface area contributed by atoms with Crippen molar-refractivity contribution in [3.63, 3.8) is 0 Å². The number of nitrogens with one attached hydrogen (secondary N) is 1. The molecule has 1 aromatic heterocycles. The van der Waals surface area contributed by atoms with Crippen molar-refractivity contribution < 1.29 is 18.7 Å². The van der Waals surface area contributed by atoms with E-state index in [4.69, 9.17) is 9.47 Å². The fraction of sp³-hybridized carbons (Fsp3) is 0.483. The Morgan fingerprint density at radius 3 is 2.76 bits per heavy atom. The molecule has 0 aliphatic carbocycles. The van der Waals surface area contributed by atoms with Crippen LogP contribution in [0, 0.1) is 11.7 Å². The van der Waals surface area contributed by atoms with Crippen LogP contribution in [0.3, 0.4) is 0 Å². The number of hydrogen-bond acceptors (Lipinski definition) is 7. The number of carbonyl (C=O) groups is 1. The first-order chi connectivity index (χ1) is 18.3. The Hall–Kier alpha value is -3.46. The Bertz CT molecular complexity index is 1300. The number of anilines is 3. The van der Waals surface area contributed by atoms with Crippen LogP contribution in [-0.4, -0.2) is 60.4 Å². The molecule has 2 aliphatic rings. The summed E-state index contributed by atoms with van der Waals surface area (Å²) in [5, 5.41) is 3.79. The number of carbonyl (C=O) groups excluding carboxylic acids is 1. The molecule has 204 valence electrons. The maximum absolute atomic E-state index is 15.1. The zero-order valence-corrected chi connectivity index (χ0v) is 23.2. The zero-order valence-electron chi connectivity index (χ0n) is 23.2. The van der Waals surface area contributed by atoms with Crippen molar-refractivity contribution in [3.05, 3.63) is 48.0 Å². The van der Waals surface area contributed by atoms with E-state index in [9.17, 15) is 4.79 Å². The van der Waals surface area contributed by atoms with Crippen LogP contribution in [0.25, 0.3) is 10.9 Å². The lowest BCUT2D eigenvalue weighted by molar-refractivity contribution is -0.0354. The van der Waals surface area contributed by atoms with Gasteiger partial charge in [0.25, 0.3) is 0 Å². The first-order valence-corrected chi connectivity index (χ1v) is 13.4. The van der Waals surface area contributed by atoms with Crippen LogP contribution in [0.4, 0.5) is 26.4 Å². The maximum atomic E-state index is 15.1. The maximum Gasteiger partial charge on any atom is 0.415 e. The number of likely N-dealkylation sites (tertiary alicyclic amines) is 1. The summed E-state index contributed by atoms with van der Waals surface area (Å²) in [5.74, 6) is 0.862. The minimum absolute atomic E-state index is 0.190. The lowest BCUT2D eigenvalue weighted by Gasteiger charge is -2.41. The number of aromatic nitrogens is 2. The predicted molar refractivity (Wildman–Crippen MR) is 149 cm³/mol. The number of benzene rings is 2.